The topological polar surface area (TPSA) is 30.0 Å². The molecular formula is C12H7ClFNO. The van der Waals surface area contributed by atoms with Crippen LogP contribution in [0.5, 0.6) is 0 Å². The maximum absolute atomic E-state index is 13.1. The number of hydrogen-bond donors (Lipinski definition) is 0. The van der Waals surface area contributed by atoms with Crippen LogP contribution in [0.2, 0.25) is 0 Å². The standard InChI is InChI=1S/C12H7ClFNO/c13-12(16)10-2-1-9(14)7-11(10)8-3-5-15-6-4-8/h1-7H. The minimum absolute atomic E-state index is 0.286. The minimum atomic E-state index is -0.605. The first-order valence-corrected chi connectivity index (χ1v) is 4.96. The van der Waals surface area contributed by atoms with Crippen LogP contribution >= 0.6 is 11.6 Å². The average molecular weight is 236 g/mol. The Morgan fingerprint density at radius 1 is 1.19 bits per heavy atom. The van der Waals surface area contributed by atoms with Crippen molar-refractivity contribution in [1.29, 1.82) is 0 Å². The van der Waals surface area contributed by atoms with E-state index in [0.29, 0.717) is 11.1 Å². The van der Waals surface area contributed by atoms with Gasteiger partial charge in [0.25, 0.3) is 5.24 Å². The Bertz CT molecular complexity index is 528. The lowest BCUT2D eigenvalue weighted by Gasteiger charge is -2.05. The smallest absolute Gasteiger partial charge is 0.253 e. The molecule has 0 unspecified atom stereocenters. The second-order valence-corrected chi connectivity index (χ2v) is 3.54. The zero-order valence-electron chi connectivity index (χ0n) is 8.15. The Morgan fingerprint density at radius 2 is 1.88 bits per heavy atom. The molecule has 0 aliphatic carbocycles. The van der Waals surface area contributed by atoms with Crippen LogP contribution in [0, 0.1) is 5.82 Å². The molecule has 0 saturated heterocycles. The van der Waals surface area contributed by atoms with Crippen molar-refractivity contribution in [2.45, 2.75) is 0 Å². The predicted octanol–water partition coefficient (Wildman–Crippen LogP) is 3.27. The van der Waals surface area contributed by atoms with Crippen molar-refractivity contribution in [3.63, 3.8) is 0 Å². The van der Waals surface area contributed by atoms with E-state index in [-0.39, 0.29) is 5.56 Å². The lowest BCUT2D eigenvalue weighted by molar-refractivity contribution is 0.108. The van der Waals surface area contributed by atoms with E-state index in [2.05, 4.69) is 4.98 Å². The van der Waals surface area contributed by atoms with Crippen molar-refractivity contribution in [3.8, 4) is 11.1 Å². The van der Waals surface area contributed by atoms with Crippen LogP contribution in [0.25, 0.3) is 11.1 Å². The lowest BCUT2D eigenvalue weighted by Crippen LogP contribution is -1.94. The van der Waals surface area contributed by atoms with E-state index >= 15 is 0 Å². The van der Waals surface area contributed by atoms with Gasteiger partial charge in [0.15, 0.2) is 0 Å². The SMILES string of the molecule is O=C(Cl)c1ccc(F)cc1-c1ccncc1. The van der Waals surface area contributed by atoms with Gasteiger partial charge in [-0.1, -0.05) is 0 Å². The summed E-state index contributed by atoms with van der Waals surface area (Å²) in [5.41, 5.74) is 1.47. The Labute approximate surface area is 96.7 Å². The quantitative estimate of drug-likeness (QED) is 0.748. The van der Waals surface area contributed by atoms with Gasteiger partial charge in [-0.2, -0.15) is 0 Å². The van der Waals surface area contributed by atoms with Crippen LogP contribution < -0.4 is 0 Å². The van der Waals surface area contributed by atoms with E-state index in [1.165, 1.54) is 18.2 Å². The number of benzene rings is 1. The van der Waals surface area contributed by atoms with Crippen LogP contribution in [0.15, 0.2) is 42.7 Å². The van der Waals surface area contributed by atoms with Crippen molar-refractivity contribution >= 4 is 16.8 Å². The van der Waals surface area contributed by atoms with Crippen molar-refractivity contribution in [1.82, 2.24) is 4.98 Å². The number of carbonyl (C=O) groups is 1. The highest BCUT2D eigenvalue weighted by Gasteiger charge is 2.11. The minimum Gasteiger partial charge on any atom is -0.276 e. The van der Waals surface area contributed by atoms with E-state index in [0.717, 1.165) is 0 Å². The largest absolute Gasteiger partial charge is 0.276 e. The monoisotopic (exact) mass is 235 g/mol. The van der Waals surface area contributed by atoms with Gasteiger partial charge < -0.3 is 0 Å². The van der Waals surface area contributed by atoms with Gasteiger partial charge in [-0.05, 0) is 53.1 Å². The summed E-state index contributed by atoms with van der Waals surface area (Å²) in [6.07, 6.45) is 3.14. The highest BCUT2D eigenvalue weighted by molar-refractivity contribution is 6.68. The van der Waals surface area contributed by atoms with Gasteiger partial charge in [0, 0.05) is 18.0 Å². The number of carbonyl (C=O) groups excluding carboxylic acids is 1. The molecule has 16 heavy (non-hydrogen) atoms. The van der Waals surface area contributed by atoms with Gasteiger partial charge in [-0.25, -0.2) is 4.39 Å². The van der Waals surface area contributed by atoms with E-state index in [1.54, 1.807) is 24.5 Å². The first-order valence-electron chi connectivity index (χ1n) is 4.58. The molecule has 0 bridgehead atoms. The third-order valence-corrected chi connectivity index (χ3v) is 2.39. The molecule has 0 spiro atoms. The van der Waals surface area contributed by atoms with Crippen LogP contribution in [-0.4, -0.2) is 10.2 Å². The van der Waals surface area contributed by atoms with Gasteiger partial charge in [0.05, 0.1) is 0 Å². The molecule has 1 aromatic heterocycles. The summed E-state index contributed by atoms with van der Waals surface area (Å²) in [5.74, 6) is -0.409. The van der Waals surface area contributed by atoms with Crippen molar-refractivity contribution < 1.29 is 9.18 Å². The maximum Gasteiger partial charge on any atom is 0.253 e. The van der Waals surface area contributed by atoms with Crippen LogP contribution in [0.3, 0.4) is 0 Å². The molecule has 2 rings (SSSR count). The fourth-order valence-corrected chi connectivity index (χ4v) is 1.62. The first-order chi connectivity index (χ1) is 7.68. The highest BCUT2D eigenvalue weighted by atomic mass is 35.5. The number of pyridine rings is 1. The van der Waals surface area contributed by atoms with Gasteiger partial charge in [-0.15, -0.1) is 0 Å². The number of rotatable bonds is 2. The van der Waals surface area contributed by atoms with Gasteiger partial charge in [0.2, 0.25) is 0 Å². The fourth-order valence-electron chi connectivity index (χ4n) is 1.46. The Hall–Kier alpha value is -1.74. The molecule has 4 heteroatoms. The Morgan fingerprint density at radius 3 is 2.50 bits per heavy atom. The molecule has 0 atom stereocenters. The highest BCUT2D eigenvalue weighted by Crippen LogP contribution is 2.25. The summed E-state index contributed by atoms with van der Waals surface area (Å²) >= 11 is 5.43. The molecule has 0 saturated carbocycles. The molecule has 1 aromatic carbocycles. The molecule has 0 amide bonds. The maximum atomic E-state index is 13.1. The molecule has 0 fully saturated rings. The number of nitrogens with zero attached hydrogens (tertiary/aromatic N) is 1. The Kier molecular flexibility index (Phi) is 2.97. The average Bonchev–Trinajstić information content (AvgIpc) is 2.29. The number of hydrogen-bond acceptors (Lipinski definition) is 2. The number of aromatic nitrogens is 1. The molecule has 0 aliphatic rings. The first kappa shape index (κ1) is 10.8. The van der Waals surface area contributed by atoms with Gasteiger partial charge >= 0.3 is 0 Å². The summed E-state index contributed by atoms with van der Waals surface area (Å²) in [6, 6.07) is 7.25. The lowest BCUT2D eigenvalue weighted by atomic mass is 10.0. The second-order valence-electron chi connectivity index (χ2n) is 3.20. The molecule has 2 aromatic rings. The van der Waals surface area contributed by atoms with Crippen molar-refractivity contribution in [2.24, 2.45) is 0 Å². The van der Waals surface area contributed by atoms with Gasteiger partial charge in [-0.3, -0.25) is 9.78 Å². The molecular weight excluding hydrogens is 229 g/mol. The zero-order chi connectivity index (χ0) is 11.5. The summed E-state index contributed by atoms with van der Waals surface area (Å²) in [5, 5.41) is -0.605. The van der Waals surface area contributed by atoms with Gasteiger partial charge in [0.1, 0.15) is 5.82 Å². The zero-order valence-corrected chi connectivity index (χ0v) is 8.91. The van der Waals surface area contributed by atoms with Crippen molar-refractivity contribution in [2.75, 3.05) is 0 Å². The summed E-state index contributed by atoms with van der Waals surface area (Å²) in [6.45, 7) is 0. The Balaban J connectivity index is 2.63. The van der Waals surface area contributed by atoms with E-state index in [9.17, 15) is 9.18 Å². The van der Waals surface area contributed by atoms with E-state index < -0.39 is 11.1 Å². The third kappa shape index (κ3) is 2.09. The molecule has 2 nitrogen and oxygen atoms in total. The summed E-state index contributed by atoms with van der Waals surface area (Å²) < 4.78 is 13.1. The molecule has 0 aliphatic heterocycles. The fraction of sp³-hybridized carbons (Fsp3) is 0. The van der Waals surface area contributed by atoms with Crippen LogP contribution in [0.1, 0.15) is 10.4 Å². The van der Waals surface area contributed by atoms with E-state index in [1.807, 2.05) is 0 Å². The second kappa shape index (κ2) is 4.41. The normalized spacial score (nSPS) is 10.1. The number of halogens is 2. The molecule has 0 N–H and O–H groups in total. The molecule has 1 heterocycles. The molecule has 80 valence electrons. The van der Waals surface area contributed by atoms with Crippen LogP contribution in [0.4, 0.5) is 4.39 Å². The summed E-state index contributed by atoms with van der Waals surface area (Å²) in [7, 11) is 0. The van der Waals surface area contributed by atoms with Crippen LogP contribution in [-0.2, 0) is 0 Å². The third-order valence-electron chi connectivity index (χ3n) is 2.18. The summed E-state index contributed by atoms with van der Waals surface area (Å²) in [4.78, 5) is 15.0. The molecule has 0 radical (unpaired) electrons. The van der Waals surface area contributed by atoms with Crippen molar-refractivity contribution in [3.05, 3.63) is 54.1 Å². The van der Waals surface area contributed by atoms with E-state index in [4.69, 9.17) is 11.6 Å². The predicted molar refractivity (Wildman–Crippen MR) is 59.8 cm³/mol.